The van der Waals surface area contributed by atoms with Gasteiger partial charge >= 0.3 is 5.97 Å². The van der Waals surface area contributed by atoms with Crippen LogP contribution in [0.3, 0.4) is 0 Å². The number of sulfonamides is 1. The minimum Gasteiger partial charge on any atom is -0.453 e. The molecule has 0 N–H and O–H groups in total. The van der Waals surface area contributed by atoms with Gasteiger partial charge in [0.2, 0.25) is 10.0 Å². The third-order valence-electron chi connectivity index (χ3n) is 6.08. The summed E-state index contributed by atoms with van der Waals surface area (Å²) in [6.07, 6.45) is -0.510. The summed E-state index contributed by atoms with van der Waals surface area (Å²) in [4.78, 5) is 31.1. The highest BCUT2D eigenvalue weighted by Gasteiger charge is 2.28. The maximum atomic E-state index is 12.9. The predicted molar refractivity (Wildman–Crippen MR) is 122 cm³/mol. The second-order valence-electron chi connectivity index (χ2n) is 8.32. The molecule has 1 aromatic heterocycles. The molecule has 0 bridgehead atoms. The number of imidazole rings is 1. The Morgan fingerprint density at radius 2 is 1.74 bits per heavy atom. The molecule has 1 aromatic carbocycles. The molecule has 0 spiro atoms. The van der Waals surface area contributed by atoms with Crippen molar-refractivity contribution in [2.75, 3.05) is 52.6 Å². The Morgan fingerprint density at radius 1 is 1.09 bits per heavy atom. The number of hydrogen-bond donors (Lipinski definition) is 0. The third kappa shape index (κ3) is 5.24. The molecule has 2 aliphatic rings. The molecule has 0 aliphatic carbocycles. The van der Waals surface area contributed by atoms with Crippen LogP contribution in [0, 0.1) is 0 Å². The number of nitrogens with zero attached hydrogens (tertiary/aromatic N) is 4. The summed E-state index contributed by atoms with van der Waals surface area (Å²) < 4.78 is 45.0. The van der Waals surface area contributed by atoms with Gasteiger partial charge in [-0.25, -0.2) is 13.4 Å². The van der Waals surface area contributed by atoms with Gasteiger partial charge in [-0.2, -0.15) is 4.31 Å². The smallest absolute Gasteiger partial charge is 0.307 e. The van der Waals surface area contributed by atoms with Crippen LogP contribution in [0.2, 0.25) is 0 Å². The summed E-state index contributed by atoms with van der Waals surface area (Å²) in [7, 11) is -1.81. The molecule has 2 fully saturated rings. The number of carbonyl (C=O) groups is 2. The van der Waals surface area contributed by atoms with E-state index in [2.05, 4.69) is 4.98 Å². The van der Waals surface area contributed by atoms with Crippen molar-refractivity contribution in [3.63, 3.8) is 0 Å². The first-order valence-corrected chi connectivity index (χ1v) is 12.8. The molecular formula is C22H30N4O7S. The molecule has 186 valence electrons. The zero-order valence-electron chi connectivity index (χ0n) is 19.4. The zero-order valence-corrected chi connectivity index (χ0v) is 20.3. The molecule has 2 saturated heterocycles. The van der Waals surface area contributed by atoms with Crippen molar-refractivity contribution >= 4 is 32.9 Å². The summed E-state index contributed by atoms with van der Waals surface area (Å²) in [5.41, 5.74) is 1.30. The molecule has 1 amide bonds. The number of ether oxygens (including phenoxy) is 3. The standard InChI is InChI=1S/C22H30N4O7S/c1-16(22(28)25-7-11-31-12-8-25)33-21(27)6-5-20-23-18-15-17(3-4-19(18)24(20)2)34(29,30)26-9-13-32-14-10-26/h3-4,15-16H,5-14H2,1-2H3. The fourth-order valence-electron chi connectivity index (χ4n) is 4.11. The normalized spacial score (nSPS) is 18.7. The lowest BCUT2D eigenvalue weighted by Crippen LogP contribution is -2.46. The van der Waals surface area contributed by atoms with Crippen LogP contribution in [0.15, 0.2) is 23.1 Å². The van der Waals surface area contributed by atoms with Crippen molar-refractivity contribution < 1.29 is 32.2 Å². The van der Waals surface area contributed by atoms with Crippen LogP contribution in [0.4, 0.5) is 0 Å². The Hall–Kier alpha value is -2.54. The fourth-order valence-corrected chi connectivity index (χ4v) is 5.54. The van der Waals surface area contributed by atoms with Gasteiger partial charge in [-0.05, 0) is 25.1 Å². The third-order valence-corrected chi connectivity index (χ3v) is 7.98. The molecule has 1 atom stereocenters. The largest absolute Gasteiger partial charge is 0.453 e. The second-order valence-corrected chi connectivity index (χ2v) is 10.3. The summed E-state index contributed by atoms with van der Waals surface area (Å²) >= 11 is 0. The molecular weight excluding hydrogens is 464 g/mol. The lowest BCUT2D eigenvalue weighted by molar-refractivity contribution is -0.160. The molecule has 0 saturated carbocycles. The first-order valence-electron chi connectivity index (χ1n) is 11.4. The van der Waals surface area contributed by atoms with Crippen LogP contribution in [0.5, 0.6) is 0 Å². The number of carbonyl (C=O) groups excluding carboxylic acids is 2. The van der Waals surface area contributed by atoms with E-state index in [1.807, 2.05) is 11.6 Å². The van der Waals surface area contributed by atoms with E-state index in [-0.39, 0.29) is 17.2 Å². The molecule has 12 heteroatoms. The van der Waals surface area contributed by atoms with Crippen molar-refractivity contribution in [3.05, 3.63) is 24.0 Å². The Bertz CT molecular complexity index is 1150. The second kappa shape index (κ2) is 10.4. The Kier molecular flexibility index (Phi) is 7.51. The van der Waals surface area contributed by atoms with Gasteiger partial charge in [0.15, 0.2) is 6.10 Å². The summed E-state index contributed by atoms with van der Waals surface area (Å²) in [6.45, 7) is 4.91. The lowest BCUT2D eigenvalue weighted by atomic mass is 10.2. The number of aryl methyl sites for hydroxylation is 2. The van der Waals surface area contributed by atoms with Gasteiger partial charge in [0.05, 0.1) is 48.8 Å². The highest BCUT2D eigenvalue weighted by Crippen LogP contribution is 2.23. The van der Waals surface area contributed by atoms with Gasteiger partial charge in [-0.1, -0.05) is 0 Å². The monoisotopic (exact) mass is 494 g/mol. The molecule has 11 nitrogen and oxygen atoms in total. The molecule has 34 heavy (non-hydrogen) atoms. The molecule has 4 rings (SSSR count). The van der Waals surface area contributed by atoms with Crippen LogP contribution < -0.4 is 0 Å². The number of rotatable bonds is 7. The van der Waals surface area contributed by atoms with Crippen LogP contribution in [0.1, 0.15) is 19.2 Å². The van der Waals surface area contributed by atoms with Gasteiger partial charge < -0.3 is 23.7 Å². The molecule has 3 heterocycles. The molecule has 0 radical (unpaired) electrons. The number of benzene rings is 1. The lowest BCUT2D eigenvalue weighted by Gasteiger charge is -2.28. The van der Waals surface area contributed by atoms with E-state index in [1.165, 1.54) is 4.31 Å². The maximum absolute atomic E-state index is 12.9. The molecule has 1 unspecified atom stereocenters. The zero-order chi connectivity index (χ0) is 24.3. The minimum absolute atomic E-state index is 0.0524. The fraction of sp³-hybridized carbons (Fsp3) is 0.591. The van der Waals surface area contributed by atoms with Gasteiger partial charge in [0.1, 0.15) is 5.82 Å². The van der Waals surface area contributed by atoms with Crippen molar-refractivity contribution in [3.8, 4) is 0 Å². The van der Waals surface area contributed by atoms with E-state index in [1.54, 1.807) is 30.0 Å². The van der Waals surface area contributed by atoms with E-state index in [0.29, 0.717) is 70.4 Å². The van der Waals surface area contributed by atoms with Gasteiger partial charge in [-0.15, -0.1) is 0 Å². The van der Waals surface area contributed by atoms with Gasteiger partial charge in [0, 0.05) is 39.6 Å². The number of amides is 1. The number of aromatic nitrogens is 2. The van der Waals surface area contributed by atoms with E-state index < -0.39 is 22.1 Å². The maximum Gasteiger partial charge on any atom is 0.307 e. The summed E-state index contributed by atoms with van der Waals surface area (Å²) in [5.74, 6) is -0.0924. The van der Waals surface area contributed by atoms with E-state index in [0.717, 1.165) is 5.52 Å². The van der Waals surface area contributed by atoms with Crippen LogP contribution in [-0.4, -0.2) is 97.8 Å². The van der Waals surface area contributed by atoms with Gasteiger partial charge in [-0.3, -0.25) is 9.59 Å². The first-order chi connectivity index (χ1) is 16.3. The van der Waals surface area contributed by atoms with E-state index in [9.17, 15) is 18.0 Å². The average Bonchev–Trinajstić information content (AvgIpc) is 3.18. The minimum atomic E-state index is -3.63. The SMILES string of the molecule is CC(OC(=O)CCc1nc2cc(S(=O)(=O)N3CCOCC3)ccc2n1C)C(=O)N1CCOCC1. The predicted octanol–water partition coefficient (Wildman–Crippen LogP) is 0.317. The highest BCUT2D eigenvalue weighted by atomic mass is 32.2. The molecule has 2 aliphatic heterocycles. The molecule has 2 aromatic rings. The Labute approximate surface area is 198 Å². The quantitative estimate of drug-likeness (QED) is 0.505. The first kappa shape index (κ1) is 24.6. The average molecular weight is 495 g/mol. The van der Waals surface area contributed by atoms with Crippen molar-refractivity contribution in [2.24, 2.45) is 7.05 Å². The van der Waals surface area contributed by atoms with Crippen molar-refractivity contribution in [1.29, 1.82) is 0 Å². The Balaban J connectivity index is 1.39. The summed E-state index contributed by atoms with van der Waals surface area (Å²) in [6, 6.07) is 4.86. The van der Waals surface area contributed by atoms with Crippen LogP contribution in [-0.2, 0) is 47.3 Å². The van der Waals surface area contributed by atoms with Crippen LogP contribution >= 0.6 is 0 Å². The van der Waals surface area contributed by atoms with E-state index >= 15 is 0 Å². The Morgan fingerprint density at radius 3 is 2.41 bits per heavy atom. The summed E-state index contributed by atoms with van der Waals surface area (Å²) in [5, 5.41) is 0. The number of esters is 1. The number of hydrogen-bond acceptors (Lipinski definition) is 8. The number of morpholine rings is 2. The van der Waals surface area contributed by atoms with Crippen LogP contribution in [0.25, 0.3) is 11.0 Å². The van der Waals surface area contributed by atoms with Crippen molar-refractivity contribution in [2.45, 2.75) is 30.8 Å². The topological polar surface area (TPSA) is 120 Å². The van der Waals surface area contributed by atoms with E-state index in [4.69, 9.17) is 14.2 Å². The van der Waals surface area contributed by atoms with Gasteiger partial charge in [0.25, 0.3) is 5.91 Å². The number of fused-ring (bicyclic) bond motifs is 1. The van der Waals surface area contributed by atoms with Crippen molar-refractivity contribution in [1.82, 2.24) is 18.8 Å². The highest BCUT2D eigenvalue weighted by molar-refractivity contribution is 7.89.